The molecule has 1 aromatic carbocycles. The van der Waals surface area contributed by atoms with Crippen LogP contribution in [0.15, 0.2) is 36.7 Å². The fraction of sp³-hybridized carbons (Fsp3) is 0.440. The number of ether oxygens (including phenoxy) is 1. The first kappa shape index (κ1) is 20.7. The Morgan fingerprint density at radius 2 is 2.12 bits per heavy atom. The van der Waals surface area contributed by atoms with Crippen LogP contribution in [0.25, 0.3) is 5.57 Å². The Balaban J connectivity index is 1.59. The molecule has 5 rings (SSSR count). The zero-order valence-electron chi connectivity index (χ0n) is 18.4. The van der Waals surface area contributed by atoms with Crippen LogP contribution in [-0.2, 0) is 9.53 Å². The minimum absolute atomic E-state index is 0.0196. The number of nitriles is 1. The Morgan fingerprint density at radius 1 is 1.28 bits per heavy atom. The van der Waals surface area contributed by atoms with Gasteiger partial charge < -0.3 is 15.0 Å². The lowest BCUT2D eigenvalue weighted by Gasteiger charge is -2.46. The molecule has 1 fully saturated rings. The standard InChI is InChI=1S/C25H27N5O2/c1-15-24(29-23-14-27-20(12-26)13-28-23)21-11-19(17-7-9-32-10-8-17)5-6-22(21)30(16(2)31)25(15)18-3-4-18/h5-7,11,13-15,18,24-25H,3-4,8-10H2,1-2H3,(H,28,29)/t15-,24?,25?/m1/s1. The van der Waals surface area contributed by atoms with Gasteiger partial charge in [0.05, 0.1) is 31.6 Å². The number of nitrogens with zero attached hydrogens (tertiary/aromatic N) is 4. The van der Waals surface area contributed by atoms with Crippen LogP contribution in [0, 0.1) is 23.2 Å². The van der Waals surface area contributed by atoms with Gasteiger partial charge in [0.25, 0.3) is 0 Å². The molecule has 7 nitrogen and oxygen atoms in total. The molecule has 1 N–H and O–H groups in total. The number of carbonyl (C=O) groups is 1. The summed E-state index contributed by atoms with van der Waals surface area (Å²) < 4.78 is 5.49. The van der Waals surface area contributed by atoms with Crippen molar-refractivity contribution in [1.82, 2.24) is 9.97 Å². The lowest BCUT2D eigenvalue weighted by Crippen LogP contribution is -2.51. The Bertz CT molecular complexity index is 1100. The van der Waals surface area contributed by atoms with Gasteiger partial charge in [-0.2, -0.15) is 5.26 Å². The fourth-order valence-electron chi connectivity index (χ4n) is 5.17. The van der Waals surface area contributed by atoms with Crippen LogP contribution in [0.1, 0.15) is 56.0 Å². The van der Waals surface area contributed by atoms with Gasteiger partial charge in [-0.3, -0.25) is 4.79 Å². The zero-order valence-corrected chi connectivity index (χ0v) is 18.4. The van der Waals surface area contributed by atoms with E-state index >= 15 is 0 Å². The molecule has 1 aromatic heterocycles. The lowest BCUT2D eigenvalue weighted by atomic mass is 9.79. The molecule has 3 atom stereocenters. The summed E-state index contributed by atoms with van der Waals surface area (Å²) in [6, 6.07) is 8.59. The SMILES string of the molecule is CC(=O)N1c2ccc(C3=CCOCC3)cc2C(Nc2cnc(C#N)cn2)[C@@H](C)C1C1CC1. The van der Waals surface area contributed by atoms with Gasteiger partial charge in [-0.25, -0.2) is 9.97 Å². The third-order valence-corrected chi connectivity index (χ3v) is 6.83. The van der Waals surface area contributed by atoms with Gasteiger partial charge in [0.15, 0.2) is 5.69 Å². The minimum Gasteiger partial charge on any atom is -0.377 e. The molecule has 1 aliphatic carbocycles. The van der Waals surface area contributed by atoms with Crippen molar-refractivity contribution >= 4 is 23.0 Å². The third-order valence-electron chi connectivity index (χ3n) is 6.83. The highest BCUT2D eigenvalue weighted by Crippen LogP contribution is 2.50. The molecule has 0 saturated heterocycles. The number of aromatic nitrogens is 2. The second-order valence-electron chi connectivity index (χ2n) is 8.92. The summed E-state index contributed by atoms with van der Waals surface area (Å²) >= 11 is 0. The molecule has 0 bridgehead atoms. The van der Waals surface area contributed by atoms with Crippen molar-refractivity contribution in [3.8, 4) is 6.07 Å². The number of fused-ring (bicyclic) bond motifs is 1. The normalized spacial score (nSPS) is 24.8. The smallest absolute Gasteiger partial charge is 0.224 e. The van der Waals surface area contributed by atoms with Crippen molar-refractivity contribution in [1.29, 1.82) is 5.26 Å². The first-order chi connectivity index (χ1) is 15.6. The number of hydrogen-bond acceptors (Lipinski definition) is 6. The molecule has 0 radical (unpaired) electrons. The highest BCUT2D eigenvalue weighted by Gasteiger charge is 2.47. The van der Waals surface area contributed by atoms with Crippen molar-refractivity contribution in [3.05, 3.63) is 53.5 Å². The van der Waals surface area contributed by atoms with Gasteiger partial charge >= 0.3 is 0 Å². The van der Waals surface area contributed by atoms with E-state index in [0.29, 0.717) is 24.0 Å². The minimum atomic E-state index is -0.0196. The third kappa shape index (κ3) is 3.76. The van der Waals surface area contributed by atoms with E-state index in [9.17, 15) is 4.79 Å². The van der Waals surface area contributed by atoms with E-state index < -0.39 is 0 Å². The molecule has 32 heavy (non-hydrogen) atoms. The van der Waals surface area contributed by atoms with Crippen LogP contribution in [-0.4, -0.2) is 35.1 Å². The van der Waals surface area contributed by atoms with Crippen LogP contribution in [0.3, 0.4) is 0 Å². The molecule has 7 heteroatoms. The molecule has 1 saturated carbocycles. The average molecular weight is 430 g/mol. The van der Waals surface area contributed by atoms with Crippen molar-refractivity contribution in [2.45, 2.75) is 45.2 Å². The topological polar surface area (TPSA) is 91.1 Å². The summed E-state index contributed by atoms with van der Waals surface area (Å²) in [4.78, 5) is 23.4. The maximum atomic E-state index is 12.8. The van der Waals surface area contributed by atoms with Crippen LogP contribution in [0.5, 0.6) is 0 Å². The van der Waals surface area contributed by atoms with E-state index in [-0.39, 0.29) is 23.9 Å². The van der Waals surface area contributed by atoms with E-state index in [1.807, 2.05) is 11.0 Å². The molecule has 2 aliphatic heterocycles. The van der Waals surface area contributed by atoms with E-state index in [2.05, 4.69) is 46.5 Å². The van der Waals surface area contributed by atoms with Gasteiger partial charge in [-0.05, 0) is 54.0 Å². The lowest BCUT2D eigenvalue weighted by molar-refractivity contribution is -0.117. The van der Waals surface area contributed by atoms with Crippen molar-refractivity contribution in [2.24, 2.45) is 11.8 Å². The first-order valence-corrected chi connectivity index (χ1v) is 11.3. The Labute approximate surface area is 188 Å². The summed E-state index contributed by atoms with van der Waals surface area (Å²) in [7, 11) is 0. The van der Waals surface area contributed by atoms with Gasteiger partial charge in [-0.15, -0.1) is 0 Å². The van der Waals surface area contributed by atoms with Crippen molar-refractivity contribution in [2.75, 3.05) is 23.4 Å². The molecule has 2 aromatic rings. The van der Waals surface area contributed by atoms with Crippen LogP contribution in [0.2, 0.25) is 0 Å². The molecule has 1 amide bonds. The molecule has 164 valence electrons. The summed E-state index contributed by atoms with van der Waals surface area (Å²) in [5.74, 6) is 1.43. The van der Waals surface area contributed by atoms with E-state index in [1.165, 1.54) is 17.3 Å². The number of benzene rings is 1. The second kappa shape index (κ2) is 8.36. The van der Waals surface area contributed by atoms with Crippen LogP contribution < -0.4 is 10.2 Å². The first-order valence-electron chi connectivity index (χ1n) is 11.3. The summed E-state index contributed by atoms with van der Waals surface area (Å²) in [6.45, 7) is 5.25. The van der Waals surface area contributed by atoms with E-state index in [4.69, 9.17) is 10.00 Å². The number of anilines is 2. The molecule has 0 spiro atoms. The average Bonchev–Trinajstić information content (AvgIpc) is 3.66. The molecular weight excluding hydrogens is 402 g/mol. The van der Waals surface area contributed by atoms with Gasteiger partial charge in [0, 0.05) is 24.6 Å². The van der Waals surface area contributed by atoms with Crippen molar-refractivity contribution in [3.63, 3.8) is 0 Å². The van der Waals surface area contributed by atoms with Gasteiger partial charge in [0.1, 0.15) is 11.9 Å². The van der Waals surface area contributed by atoms with Crippen LogP contribution in [0.4, 0.5) is 11.5 Å². The molecule has 3 aliphatic rings. The predicted molar refractivity (Wildman–Crippen MR) is 122 cm³/mol. The number of carbonyl (C=O) groups excluding carboxylic acids is 1. The highest BCUT2D eigenvalue weighted by molar-refractivity contribution is 5.94. The van der Waals surface area contributed by atoms with E-state index in [1.54, 1.807) is 13.1 Å². The number of nitrogens with one attached hydrogen (secondary N) is 1. The molecule has 2 unspecified atom stereocenters. The number of amides is 1. The molecular formula is C25H27N5O2. The Hall–Kier alpha value is -3.24. The van der Waals surface area contributed by atoms with Crippen molar-refractivity contribution < 1.29 is 9.53 Å². The number of rotatable bonds is 4. The zero-order chi connectivity index (χ0) is 22.2. The van der Waals surface area contributed by atoms with Gasteiger partial charge in [-0.1, -0.05) is 19.1 Å². The summed E-state index contributed by atoms with van der Waals surface area (Å²) in [6.07, 6.45) is 8.43. The predicted octanol–water partition coefficient (Wildman–Crippen LogP) is 4.09. The maximum absolute atomic E-state index is 12.8. The maximum Gasteiger partial charge on any atom is 0.224 e. The molecule has 3 heterocycles. The van der Waals surface area contributed by atoms with E-state index in [0.717, 1.165) is 37.1 Å². The largest absolute Gasteiger partial charge is 0.377 e. The summed E-state index contributed by atoms with van der Waals surface area (Å²) in [5, 5.41) is 12.6. The fourth-order valence-corrected chi connectivity index (χ4v) is 5.17. The highest BCUT2D eigenvalue weighted by atomic mass is 16.5. The summed E-state index contributed by atoms with van der Waals surface area (Å²) in [5.41, 5.74) is 4.82. The van der Waals surface area contributed by atoms with Gasteiger partial charge in [0.2, 0.25) is 5.91 Å². The number of hydrogen-bond donors (Lipinski definition) is 1. The Morgan fingerprint density at radius 3 is 2.75 bits per heavy atom. The second-order valence-corrected chi connectivity index (χ2v) is 8.92. The quantitative estimate of drug-likeness (QED) is 0.787. The Kier molecular flexibility index (Phi) is 5.40. The van der Waals surface area contributed by atoms with Crippen LogP contribution >= 0.6 is 0 Å². The monoisotopic (exact) mass is 429 g/mol.